The van der Waals surface area contributed by atoms with Gasteiger partial charge in [-0.3, -0.25) is 19.7 Å². The normalized spacial score (nSPS) is 15.2. The monoisotopic (exact) mass is 332 g/mol. The molecule has 1 saturated heterocycles. The van der Waals surface area contributed by atoms with E-state index in [1.165, 1.54) is 16.7 Å². The predicted octanol–water partition coefficient (Wildman–Crippen LogP) is 1.57. The number of piperazine rings is 1. The molecule has 0 saturated carbocycles. The number of benzene rings is 1. The average molecular weight is 333 g/mol. The van der Waals surface area contributed by atoms with E-state index in [4.69, 9.17) is 23.2 Å². The Morgan fingerprint density at radius 1 is 1.25 bits per heavy atom. The van der Waals surface area contributed by atoms with Crippen LogP contribution in [-0.4, -0.2) is 41.5 Å². The predicted molar refractivity (Wildman–Crippen MR) is 76.9 cm³/mol. The third-order valence-corrected chi connectivity index (χ3v) is 4.26. The number of rotatable bonds is 3. The molecule has 1 fully saturated rings. The fraction of sp³-hybridized carbons (Fsp3) is 0.250. The van der Waals surface area contributed by atoms with Gasteiger partial charge < -0.3 is 4.90 Å². The van der Waals surface area contributed by atoms with Gasteiger partial charge in [-0.25, -0.2) is 0 Å². The first-order valence-electron chi connectivity index (χ1n) is 5.64. The number of imide groups is 1. The molecule has 5 nitrogen and oxygen atoms in total. The van der Waals surface area contributed by atoms with Crippen LogP contribution in [0.5, 0.6) is 0 Å². The van der Waals surface area contributed by atoms with Gasteiger partial charge in [-0.1, -0.05) is 23.2 Å². The van der Waals surface area contributed by atoms with Crippen molar-refractivity contribution in [3.8, 4) is 0 Å². The third kappa shape index (κ3) is 3.88. The van der Waals surface area contributed by atoms with Gasteiger partial charge in [-0.05, 0) is 18.2 Å². The molecule has 0 aromatic heterocycles. The van der Waals surface area contributed by atoms with Gasteiger partial charge in [0.05, 0.1) is 10.8 Å². The van der Waals surface area contributed by atoms with Crippen molar-refractivity contribution in [2.24, 2.45) is 0 Å². The van der Waals surface area contributed by atoms with E-state index in [9.17, 15) is 14.4 Å². The van der Waals surface area contributed by atoms with Crippen molar-refractivity contribution in [1.82, 2.24) is 10.2 Å². The molecule has 3 amide bonds. The zero-order chi connectivity index (χ0) is 14.7. The van der Waals surface area contributed by atoms with E-state index < -0.39 is 11.8 Å². The highest BCUT2D eigenvalue weighted by molar-refractivity contribution is 8.00. The first-order valence-corrected chi connectivity index (χ1v) is 7.38. The molecule has 1 N–H and O–H groups in total. The first-order chi connectivity index (χ1) is 9.45. The lowest BCUT2D eigenvalue weighted by molar-refractivity contribution is -0.144. The van der Waals surface area contributed by atoms with Gasteiger partial charge in [0.2, 0.25) is 17.7 Å². The molecular weight excluding hydrogens is 323 g/mol. The van der Waals surface area contributed by atoms with Gasteiger partial charge in [-0.2, -0.15) is 0 Å². The van der Waals surface area contributed by atoms with Crippen LogP contribution in [0, 0.1) is 0 Å². The molecule has 0 atom stereocenters. The third-order valence-electron chi connectivity index (χ3n) is 2.54. The van der Waals surface area contributed by atoms with Crippen LogP contribution in [0.15, 0.2) is 23.1 Å². The molecule has 0 aliphatic carbocycles. The van der Waals surface area contributed by atoms with Crippen molar-refractivity contribution in [2.75, 3.05) is 18.8 Å². The molecule has 20 heavy (non-hydrogen) atoms. The molecule has 1 aromatic carbocycles. The van der Waals surface area contributed by atoms with Crippen LogP contribution in [0.25, 0.3) is 0 Å². The van der Waals surface area contributed by atoms with Crippen molar-refractivity contribution in [1.29, 1.82) is 0 Å². The number of hydrogen-bond acceptors (Lipinski definition) is 4. The molecule has 1 aliphatic rings. The summed E-state index contributed by atoms with van der Waals surface area (Å²) in [6.45, 7) is -0.206. The number of nitrogens with zero attached hydrogens (tertiary/aromatic N) is 1. The lowest BCUT2D eigenvalue weighted by Crippen LogP contribution is -2.53. The minimum absolute atomic E-state index is 0.0840. The fourth-order valence-corrected chi connectivity index (χ4v) is 3.03. The highest BCUT2D eigenvalue weighted by atomic mass is 35.5. The number of halogens is 2. The number of thioether (sulfide) groups is 1. The Hall–Kier alpha value is -1.24. The molecule has 0 bridgehead atoms. The molecule has 1 aromatic rings. The summed E-state index contributed by atoms with van der Waals surface area (Å²) in [4.78, 5) is 36.2. The SMILES string of the molecule is O=C1CN(C(=O)CSc2cc(Cl)ccc2Cl)CC(=O)N1. The van der Waals surface area contributed by atoms with Gasteiger partial charge in [-0.15, -0.1) is 11.8 Å². The van der Waals surface area contributed by atoms with E-state index in [-0.39, 0.29) is 24.7 Å². The van der Waals surface area contributed by atoms with Crippen LogP contribution in [0.2, 0.25) is 10.0 Å². The Bertz CT molecular complexity index is 564. The van der Waals surface area contributed by atoms with Crippen LogP contribution in [0.3, 0.4) is 0 Å². The Kier molecular flexibility index (Phi) is 4.91. The smallest absolute Gasteiger partial charge is 0.246 e. The minimum Gasteiger partial charge on any atom is -0.323 e. The summed E-state index contributed by atoms with van der Waals surface area (Å²) in [6.07, 6.45) is 0. The summed E-state index contributed by atoms with van der Waals surface area (Å²) in [5.41, 5.74) is 0. The van der Waals surface area contributed by atoms with Gasteiger partial charge in [0.15, 0.2) is 0 Å². The maximum atomic E-state index is 12.0. The van der Waals surface area contributed by atoms with E-state index in [2.05, 4.69) is 5.32 Å². The van der Waals surface area contributed by atoms with Crippen LogP contribution in [0.1, 0.15) is 0 Å². The molecule has 8 heteroatoms. The molecule has 1 heterocycles. The zero-order valence-electron chi connectivity index (χ0n) is 10.2. The summed E-state index contributed by atoms with van der Waals surface area (Å²) < 4.78 is 0. The maximum absolute atomic E-state index is 12.0. The van der Waals surface area contributed by atoms with E-state index in [0.717, 1.165) is 0 Å². The van der Waals surface area contributed by atoms with Crippen molar-refractivity contribution in [3.63, 3.8) is 0 Å². The Labute approximate surface area is 129 Å². The maximum Gasteiger partial charge on any atom is 0.246 e. The topological polar surface area (TPSA) is 66.5 Å². The number of nitrogens with one attached hydrogen (secondary N) is 1. The standard InChI is InChI=1S/C12H10Cl2N2O3S/c13-7-1-2-8(14)9(3-7)20-6-12(19)16-4-10(17)15-11(18)5-16/h1-3H,4-6H2,(H,15,17,18). The summed E-state index contributed by atoms with van der Waals surface area (Å²) >= 11 is 13.1. The molecule has 2 rings (SSSR count). The van der Waals surface area contributed by atoms with E-state index in [1.807, 2.05) is 0 Å². The molecule has 0 radical (unpaired) electrons. The number of hydrogen-bond donors (Lipinski definition) is 1. The lowest BCUT2D eigenvalue weighted by atomic mass is 10.3. The molecule has 1 aliphatic heterocycles. The largest absolute Gasteiger partial charge is 0.323 e. The highest BCUT2D eigenvalue weighted by Crippen LogP contribution is 2.29. The second-order valence-electron chi connectivity index (χ2n) is 4.08. The first kappa shape index (κ1) is 15.2. The Morgan fingerprint density at radius 2 is 1.90 bits per heavy atom. The minimum atomic E-state index is -0.472. The second kappa shape index (κ2) is 6.47. The Balaban J connectivity index is 1.96. The van der Waals surface area contributed by atoms with Crippen molar-refractivity contribution >= 4 is 52.7 Å². The number of amides is 3. The summed E-state index contributed by atoms with van der Waals surface area (Å²) in [5.74, 6) is -1.16. The van der Waals surface area contributed by atoms with E-state index in [0.29, 0.717) is 14.9 Å². The van der Waals surface area contributed by atoms with Gasteiger partial charge in [0.25, 0.3) is 0 Å². The summed E-state index contributed by atoms with van der Waals surface area (Å²) in [7, 11) is 0. The average Bonchev–Trinajstić information content (AvgIpc) is 2.38. The van der Waals surface area contributed by atoms with Gasteiger partial charge in [0, 0.05) is 9.92 Å². The van der Waals surface area contributed by atoms with Crippen molar-refractivity contribution < 1.29 is 14.4 Å². The molecule has 106 valence electrons. The van der Waals surface area contributed by atoms with Crippen LogP contribution >= 0.6 is 35.0 Å². The van der Waals surface area contributed by atoms with Crippen LogP contribution < -0.4 is 5.32 Å². The second-order valence-corrected chi connectivity index (χ2v) is 5.95. The summed E-state index contributed by atoms with van der Waals surface area (Å²) in [6, 6.07) is 4.97. The summed E-state index contributed by atoms with van der Waals surface area (Å²) in [5, 5.41) is 3.16. The number of carbonyl (C=O) groups excluding carboxylic acids is 3. The van der Waals surface area contributed by atoms with Crippen molar-refractivity contribution in [2.45, 2.75) is 4.90 Å². The Morgan fingerprint density at radius 3 is 2.55 bits per heavy atom. The zero-order valence-corrected chi connectivity index (χ0v) is 12.5. The van der Waals surface area contributed by atoms with E-state index in [1.54, 1.807) is 18.2 Å². The highest BCUT2D eigenvalue weighted by Gasteiger charge is 2.26. The van der Waals surface area contributed by atoms with Gasteiger partial charge in [0.1, 0.15) is 13.1 Å². The lowest BCUT2D eigenvalue weighted by Gasteiger charge is -2.25. The molecular formula is C12H10Cl2N2O3S. The molecule has 0 spiro atoms. The van der Waals surface area contributed by atoms with E-state index >= 15 is 0 Å². The van der Waals surface area contributed by atoms with Crippen LogP contribution in [-0.2, 0) is 14.4 Å². The molecule has 0 unspecified atom stereocenters. The fourth-order valence-electron chi connectivity index (χ4n) is 1.63. The van der Waals surface area contributed by atoms with Crippen LogP contribution in [0.4, 0.5) is 0 Å². The quantitative estimate of drug-likeness (QED) is 0.674. The number of carbonyl (C=O) groups is 3. The van der Waals surface area contributed by atoms with Gasteiger partial charge >= 0.3 is 0 Å². The van der Waals surface area contributed by atoms with Crippen molar-refractivity contribution in [3.05, 3.63) is 28.2 Å².